The highest BCUT2D eigenvalue weighted by atomic mass is 35.5. The largest absolute Gasteiger partial charge is 0.507 e. The molecular formula is C40H32ClN3O7. The molecule has 11 heteroatoms. The zero-order chi connectivity index (χ0) is 35.9. The van der Waals surface area contributed by atoms with Gasteiger partial charge >= 0.3 is 0 Å². The number of carbonyl (C=O) groups excluding carboxylic acids is 4. The monoisotopic (exact) mass is 701 g/mol. The van der Waals surface area contributed by atoms with E-state index in [0.29, 0.717) is 33.0 Å². The fourth-order valence-electron chi connectivity index (χ4n) is 9.25. The van der Waals surface area contributed by atoms with E-state index in [4.69, 9.17) is 11.6 Å². The molecule has 10 nitrogen and oxygen atoms in total. The number of imide groups is 2. The number of aromatic hydroxyl groups is 1. The lowest BCUT2D eigenvalue weighted by atomic mass is 9.49. The minimum absolute atomic E-state index is 0.124. The number of benzene rings is 4. The number of fused-ring (bicyclic) bond motifs is 4. The number of nitrogens with zero attached hydrogens (tertiary/aromatic N) is 3. The fraction of sp³-hybridized carbons (Fsp3) is 0.250. The van der Waals surface area contributed by atoms with Gasteiger partial charge in [0.1, 0.15) is 5.75 Å². The number of aryl methyl sites for hydroxylation is 2. The van der Waals surface area contributed by atoms with Crippen molar-refractivity contribution in [2.75, 3.05) is 9.80 Å². The van der Waals surface area contributed by atoms with E-state index in [1.807, 2.05) is 48.5 Å². The van der Waals surface area contributed by atoms with E-state index in [1.165, 1.54) is 29.2 Å². The minimum atomic E-state index is -1.44. The smallest absolute Gasteiger partial charge is 0.269 e. The Labute approximate surface area is 298 Å². The zero-order valence-electron chi connectivity index (χ0n) is 27.7. The molecule has 0 radical (unpaired) electrons. The van der Waals surface area contributed by atoms with Gasteiger partial charge in [-0.3, -0.25) is 34.2 Å². The Bertz CT molecular complexity index is 2200. The van der Waals surface area contributed by atoms with Crippen LogP contribution in [0.25, 0.3) is 0 Å². The van der Waals surface area contributed by atoms with Gasteiger partial charge in [-0.25, -0.2) is 4.90 Å². The number of rotatable bonds is 5. The van der Waals surface area contributed by atoms with Crippen LogP contribution in [0.1, 0.15) is 41.0 Å². The Hall–Kier alpha value is -5.61. The van der Waals surface area contributed by atoms with Crippen LogP contribution in [-0.2, 0) is 24.6 Å². The topological polar surface area (TPSA) is 138 Å². The summed E-state index contributed by atoms with van der Waals surface area (Å²) < 4.78 is 0. The molecule has 2 aliphatic carbocycles. The number of allylic oxidation sites excluding steroid dienone is 2. The first-order chi connectivity index (χ1) is 24.4. The molecular weight excluding hydrogens is 670 g/mol. The standard InChI is InChI=1S/C40H32ClN3O7/c1-21-17-23(18-22(2)35(21)45)34-29-15-16-30-33(38(48)42(36(30)46)26-11-13-27(14-12-26)44(50)51)31(29)20-32-37(47)43(28-10-6-9-25(41)19-28)39(49)40(32,34)24-7-4-3-5-8-24/h3-15,17-19,30-34,45H,16,20H2,1-2H3. The normalized spacial score (nSPS) is 26.9. The summed E-state index contributed by atoms with van der Waals surface area (Å²) in [6.45, 7) is 3.57. The van der Waals surface area contributed by atoms with Gasteiger partial charge in [-0.1, -0.05) is 71.8 Å². The molecule has 6 atom stereocenters. The number of anilines is 2. The number of hydrogen-bond acceptors (Lipinski definition) is 7. The molecule has 4 amide bonds. The van der Waals surface area contributed by atoms with Crippen LogP contribution < -0.4 is 9.80 Å². The molecule has 4 aliphatic rings. The summed E-state index contributed by atoms with van der Waals surface area (Å²) in [5.41, 5.74) is 2.32. The molecule has 1 saturated carbocycles. The van der Waals surface area contributed by atoms with Gasteiger partial charge in [0, 0.05) is 23.1 Å². The van der Waals surface area contributed by atoms with Crippen molar-refractivity contribution in [1.82, 2.24) is 0 Å². The van der Waals surface area contributed by atoms with Crippen LogP contribution in [0.4, 0.5) is 17.1 Å². The maximum atomic E-state index is 15.3. The fourth-order valence-corrected chi connectivity index (χ4v) is 9.44. The van der Waals surface area contributed by atoms with Crippen molar-refractivity contribution in [2.24, 2.45) is 23.7 Å². The third kappa shape index (κ3) is 4.62. The van der Waals surface area contributed by atoms with Crippen LogP contribution in [0.3, 0.4) is 0 Å². The summed E-state index contributed by atoms with van der Waals surface area (Å²) in [4.78, 5) is 71.8. The van der Waals surface area contributed by atoms with Crippen LogP contribution >= 0.6 is 11.6 Å². The second-order valence-electron chi connectivity index (χ2n) is 13.9. The van der Waals surface area contributed by atoms with Gasteiger partial charge in [0.25, 0.3) is 5.69 Å². The molecule has 256 valence electrons. The number of phenols is 1. The average molecular weight is 702 g/mol. The summed E-state index contributed by atoms with van der Waals surface area (Å²) in [5, 5.41) is 22.5. The average Bonchev–Trinajstić information content (AvgIpc) is 3.51. The van der Waals surface area contributed by atoms with Gasteiger partial charge in [0.2, 0.25) is 23.6 Å². The van der Waals surface area contributed by atoms with E-state index in [-0.39, 0.29) is 30.0 Å². The van der Waals surface area contributed by atoms with Crippen molar-refractivity contribution in [3.05, 3.63) is 140 Å². The molecule has 2 aliphatic heterocycles. The number of non-ortho nitro benzene ring substituents is 1. The van der Waals surface area contributed by atoms with Crippen LogP contribution in [0, 0.1) is 47.6 Å². The van der Waals surface area contributed by atoms with E-state index in [0.717, 1.165) is 10.5 Å². The van der Waals surface area contributed by atoms with Crippen molar-refractivity contribution in [2.45, 2.75) is 38.0 Å². The van der Waals surface area contributed by atoms with Gasteiger partial charge in [-0.15, -0.1) is 0 Å². The van der Waals surface area contributed by atoms with Crippen LogP contribution in [0.2, 0.25) is 5.02 Å². The summed E-state index contributed by atoms with van der Waals surface area (Å²) >= 11 is 6.39. The number of nitro benzene ring substituents is 1. The van der Waals surface area contributed by atoms with Gasteiger partial charge in [0.15, 0.2) is 0 Å². The number of carbonyl (C=O) groups is 4. The van der Waals surface area contributed by atoms with Crippen molar-refractivity contribution in [3.63, 3.8) is 0 Å². The third-order valence-electron chi connectivity index (χ3n) is 11.3. The first-order valence-electron chi connectivity index (χ1n) is 16.8. The zero-order valence-corrected chi connectivity index (χ0v) is 28.4. The highest BCUT2D eigenvalue weighted by Crippen LogP contribution is 2.64. The molecule has 0 aromatic heterocycles. The van der Waals surface area contributed by atoms with E-state index in [2.05, 4.69) is 0 Å². The molecule has 8 rings (SSSR count). The van der Waals surface area contributed by atoms with Gasteiger partial charge in [0.05, 0.1) is 39.5 Å². The van der Waals surface area contributed by atoms with Gasteiger partial charge in [-0.2, -0.15) is 0 Å². The summed E-state index contributed by atoms with van der Waals surface area (Å²) in [7, 11) is 0. The Morgan fingerprint density at radius 1 is 0.804 bits per heavy atom. The predicted molar refractivity (Wildman–Crippen MR) is 189 cm³/mol. The second kappa shape index (κ2) is 11.7. The lowest BCUT2D eigenvalue weighted by Gasteiger charge is -2.51. The van der Waals surface area contributed by atoms with Crippen molar-refractivity contribution in [1.29, 1.82) is 0 Å². The van der Waals surface area contributed by atoms with Gasteiger partial charge in [-0.05, 0) is 85.2 Å². The number of amides is 4. The molecule has 1 N–H and O–H groups in total. The summed E-state index contributed by atoms with van der Waals surface area (Å²) in [6.07, 6.45) is 2.33. The molecule has 2 heterocycles. The Morgan fingerprint density at radius 2 is 1.49 bits per heavy atom. The number of halogens is 1. The third-order valence-corrected chi connectivity index (χ3v) is 11.6. The SMILES string of the molecule is Cc1cc(C2C3=CCC4C(=O)N(c5ccc([N+](=O)[O-])cc5)C(=O)C4C3CC3C(=O)N(c4cccc(Cl)c4)C(=O)C32c2ccccc2)cc(C)c1O. The van der Waals surface area contributed by atoms with E-state index in [9.17, 15) is 29.6 Å². The summed E-state index contributed by atoms with van der Waals surface area (Å²) in [6, 6.07) is 24.8. The molecule has 51 heavy (non-hydrogen) atoms. The van der Waals surface area contributed by atoms with E-state index < -0.39 is 63.6 Å². The first kappa shape index (κ1) is 32.6. The van der Waals surface area contributed by atoms with Crippen molar-refractivity contribution < 1.29 is 29.2 Å². The Morgan fingerprint density at radius 3 is 2.14 bits per heavy atom. The number of hydrogen-bond donors (Lipinski definition) is 1. The molecule has 2 saturated heterocycles. The summed E-state index contributed by atoms with van der Waals surface area (Å²) in [5.74, 6) is -5.35. The highest BCUT2D eigenvalue weighted by molar-refractivity contribution is 6.32. The lowest BCUT2D eigenvalue weighted by molar-refractivity contribution is -0.384. The number of phenolic OH excluding ortho intramolecular Hbond substituents is 1. The van der Waals surface area contributed by atoms with E-state index in [1.54, 1.807) is 38.1 Å². The molecule has 4 aromatic carbocycles. The van der Waals surface area contributed by atoms with Crippen molar-refractivity contribution >= 4 is 52.3 Å². The molecule has 6 unspecified atom stereocenters. The first-order valence-corrected chi connectivity index (χ1v) is 17.1. The maximum Gasteiger partial charge on any atom is 0.269 e. The minimum Gasteiger partial charge on any atom is -0.507 e. The Kier molecular flexibility index (Phi) is 7.50. The van der Waals surface area contributed by atoms with Crippen LogP contribution in [0.15, 0.2) is 103 Å². The number of nitro groups is 1. The second-order valence-corrected chi connectivity index (χ2v) is 14.3. The maximum absolute atomic E-state index is 15.3. The predicted octanol–water partition coefficient (Wildman–Crippen LogP) is 6.94. The quantitative estimate of drug-likeness (QED) is 0.103. The molecule has 0 bridgehead atoms. The molecule has 3 fully saturated rings. The molecule has 0 spiro atoms. The Balaban J connectivity index is 1.34. The van der Waals surface area contributed by atoms with Gasteiger partial charge < -0.3 is 5.11 Å². The molecule has 4 aromatic rings. The van der Waals surface area contributed by atoms with Crippen LogP contribution in [-0.4, -0.2) is 33.7 Å². The van der Waals surface area contributed by atoms with Crippen molar-refractivity contribution in [3.8, 4) is 5.75 Å². The highest BCUT2D eigenvalue weighted by Gasteiger charge is 2.70. The lowest BCUT2D eigenvalue weighted by Crippen LogP contribution is -2.53. The van der Waals surface area contributed by atoms with Crippen LogP contribution in [0.5, 0.6) is 5.75 Å². The van der Waals surface area contributed by atoms with E-state index >= 15 is 4.79 Å².